The Morgan fingerprint density at radius 2 is 1.90 bits per heavy atom. The van der Waals surface area contributed by atoms with Crippen LogP contribution in [0.5, 0.6) is 0 Å². The molecule has 0 aliphatic heterocycles. The van der Waals surface area contributed by atoms with Gasteiger partial charge in [0.05, 0.1) is 10.7 Å². The molecule has 6 heteroatoms. The summed E-state index contributed by atoms with van der Waals surface area (Å²) in [6.45, 7) is 0. The molecule has 0 bridgehead atoms. The first-order valence-corrected chi connectivity index (χ1v) is 6.66. The van der Waals surface area contributed by atoms with Crippen LogP contribution in [0.15, 0.2) is 53.6 Å². The van der Waals surface area contributed by atoms with Gasteiger partial charge in [-0.1, -0.05) is 41.4 Å². The Bertz CT molecular complexity index is 751. The Hall–Kier alpha value is -2.35. The summed E-state index contributed by atoms with van der Waals surface area (Å²) in [6.07, 6.45) is 0. The lowest BCUT2D eigenvalue weighted by molar-refractivity contribution is 0.106. The van der Waals surface area contributed by atoms with E-state index in [9.17, 15) is 4.79 Å². The fourth-order valence-electron chi connectivity index (χ4n) is 1.58. The maximum absolute atomic E-state index is 12.2. The molecule has 2 aromatic carbocycles. The van der Waals surface area contributed by atoms with Crippen molar-refractivity contribution in [3.63, 3.8) is 0 Å². The highest BCUT2D eigenvalue weighted by Crippen LogP contribution is 2.17. The zero-order chi connectivity index (χ0) is 15.2. The Morgan fingerprint density at radius 1 is 1.14 bits per heavy atom. The molecule has 0 aliphatic carbocycles. The van der Waals surface area contributed by atoms with E-state index in [0.717, 1.165) is 0 Å². The quantitative estimate of drug-likeness (QED) is 0.523. The maximum atomic E-state index is 12.2. The van der Waals surface area contributed by atoms with E-state index in [-0.39, 0.29) is 16.3 Å². The van der Waals surface area contributed by atoms with E-state index in [4.69, 9.17) is 28.5 Å². The number of halogens is 2. The minimum Gasteiger partial charge on any atom is -0.286 e. The van der Waals surface area contributed by atoms with Gasteiger partial charge in [0, 0.05) is 10.6 Å². The number of carbonyl (C=O) groups excluding carboxylic acids is 1. The summed E-state index contributed by atoms with van der Waals surface area (Å²) < 4.78 is 0. The van der Waals surface area contributed by atoms with E-state index >= 15 is 0 Å². The van der Waals surface area contributed by atoms with Crippen molar-refractivity contribution >= 4 is 40.4 Å². The van der Waals surface area contributed by atoms with Crippen molar-refractivity contribution in [2.75, 3.05) is 5.43 Å². The molecule has 0 radical (unpaired) electrons. The number of hydrazone groups is 1. The van der Waals surface area contributed by atoms with Gasteiger partial charge in [-0.05, 0) is 30.3 Å². The molecule has 4 nitrogen and oxygen atoms in total. The second-order valence-electron chi connectivity index (χ2n) is 4.00. The van der Waals surface area contributed by atoms with Crippen molar-refractivity contribution in [1.29, 1.82) is 5.26 Å². The molecule has 0 fully saturated rings. The van der Waals surface area contributed by atoms with Crippen molar-refractivity contribution in [3.8, 4) is 6.07 Å². The topological polar surface area (TPSA) is 65.2 Å². The van der Waals surface area contributed by atoms with Gasteiger partial charge >= 0.3 is 0 Å². The number of anilines is 1. The molecule has 0 unspecified atom stereocenters. The van der Waals surface area contributed by atoms with Gasteiger partial charge in [0.1, 0.15) is 6.07 Å². The highest BCUT2D eigenvalue weighted by atomic mass is 35.5. The lowest BCUT2D eigenvalue weighted by Crippen LogP contribution is -2.14. The minimum atomic E-state index is -0.544. The summed E-state index contributed by atoms with van der Waals surface area (Å²) in [5.41, 5.74) is 3.14. The van der Waals surface area contributed by atoms with E-state index in [1.807, 2.05) is 0 Å². The van der Waals surface area contributed by atoms with Gasteiger partial charge in [0.2, 0.25) is 11.5 Å². The molecule has 0 saturated carbocycles. The average molecular weight is 318 g/mol. The van der Waals surface area contributed by atoms with Crippen LogP contribution in [0.25, 0.3) is 0 Å². The van der Waals surface area contributed by atoms with Crippen LogP contribution in [0.2, 0.25) is 10.0 Å². The molecule has 0 aliphatic rings. The van der Waals surface area contributed by atoms with E-state index < -0.39 is 5.78 Å². The molecule has 0 saturated heterocycles. The first-order chi connectivity index (χ1) is 10.1. The molecule has 0 atom stereocenters. The lowest BCUT2D eigenvalue weighted by atomic mass is 10.1. The van der Waals surface area contributed by atoms with Crippen molar-refractivity contribution in [1.82, 2.24) is 0 Å². The van der Waals surface area contributed by atoms with Crippen LogP contribution in [0.4, 0.5) is 5.69 Å². The molecule has 2 aromatic rings. The Balaban J connectivity index is 2.24. The van der Waals surface area contributed by atoms with Gasteiger partial charge in [-0.3, -0.25) is 10.2 Å². The molecule has 21 heavy (non-hydrogen) atoms. The van der Waals surface area contributed by atoms with Crippen molar-refractivity contribution < 1.29 is 4.79 Å². The second kappa shape index (κ2) is 6.89. The molecule has 0 amide bonds. The van der Waals surface area contributed by atoms with Gasteiger partial charge in [-0.25, -0.2) is 0 Å². The van der Waals surface area contributed by atoms with Crippen LogP contribution >= 0.6 is 23.2 Å². The van der Waals surface area contributed by atoms with Crippen LogP contribution in [0.1, 0.15) is 10.4 Å². The normalized spacial score (nSPS) is 10.8. The zero-order valence-corrected chi connectivity index (χ0v) is 12.2. The smallest absolute Gasteiger partial charge is 0.225 e. The van der Waals surface area contributed by atoms with Gasteiger partial charge in [0.15, 0.2) is 0 Å². The van der Waals surface area contributed by atoms with Gasteiger partial charge in [-0.2, -0.15) is 10.4 Å². The first-order valence-electron chi connectivity index (χ1n) is 5.90. The summed E-state index contributed by atoms with van der Waals surface area (Å²) >= 11 is 11.8. The molecule has 2 rings (SSSR count). The lowest BCUT2D eigenvalue weighted by Gasteiger charge is -2.03. The number of nitrogens with one attached hydrogen (secondary N) is 1. The summed E-state index contributed by atoms with van der Waals surface area (Å²) in [7, 11) is 0. The van der Waals surface area contributed by atoms with Gasteiger partial charge in [-0.15, -0.1) is 0 Å². The number of carbonyl (C=O) groups is 1. The molecular formula is C15H9Cl2N3O. The molecular weight excluding hydrogens is 309 g/mol. The van der Waals surface area contributed by atoms with Crippen LogP contribution < -0.4 is 5.43 Å². The predicted octanol–water partition coefficient (Wildman–Crippen LogP) is 4.17. The maximum Gasteiger partial charge on any atom is 0.225 e. The predicted molar refractivity (Wildman–Crippen MR) is 83.9 cm³/mol. The number of Topliss-reactive ketones (excluding diaryl/α,β-unsaturated/α-hetero) is 1. The number of hydrogen-bond acceptors (Lipinski definition) is 4. The molecule has 1 N–H and O–H groups in total. The Labute approximate surface area is 131 Å². The third-order valence-corrected chi connectivity index (χ3v) is 3.13. The minimum absolute atomic E-state index is 0.229. The summed E-state index contributed by atoms with van der Waals surface area (Å²) in [6, 6.07) is 15.0. The van der Waals surface area contributed by atoms with E-state index in [1.54, 1.807) is 48.5 Å². The fourth-order valence-corrected chi connectivity index (χ4v) is 1.99. The van der Waals surface area contributed by atoms with Crippen LogP contribution in [-0.2, 0) is 0 Å². The zero-order valence-electron chi connectivity index (χ0n) is 10.7. The Morgan fingerprint density at radius 3 is 2.57 bits per heavy atom. The van der Waals surface area contributed by atoms with Crippen LogP contribution in [0.3, 0.4) is 0 Å². The number of nitrogens with zero attached hydrogens (tertiary/aromatic N) is 2. The van der Waals surface area contributed by atoms with Crippen molar-refractivity contribution in [3.05, 3.63) is 64.1 Å². The molecule has 104 valence electrons. The molecule has 0 aromatic heterocycles. The number of nitriles is 1. The van der Waals surface area contributed by atoms with Gasteiger partial charge < -0.3 is 0 Å². The standard InChI is InChI=1S/C15H9Cl2N3O/c16-10-4-3-5-11(8-10)19-20-14(9-18)15(21)12-6-1-2-7-13(12)17/h1-8,19H. The number of hydrogen-bond donors (Lipinski definition) is 1. The Kier molecular flexibility index (Phi) is 4.94. The van der Waals surface area contributed by atoms with Crippen molar-refractivity contribution in [2.24, 2.45) is 5.10 Å². The highest BCUT2D eigenvalue weighted by molar-refractivity contribution is 6.53. The van der Waals surface area contributed by atoms with E-state index in [1.165, 1.54) is 6.07 Å². The number of benzene rings is 2. The second-order valence-corrected chi connectivity index (χ2v) is 4.85. The fraction of sp³-hybridized carbons (Fsp3) is 0. The van der Waals surface area contributed by atoms with Crippen LogP contribution in [0, 0.1) is 11.3 Å². The SMILES string of the molecule is N#CC(=NNc1cccc(Cl)c1)C(=O)c1ccccc1Cl. The number of ketones is 1. The summed E-state index contributed by atoms with van der Waals surface area (Å²) in [5, 5.41) is 13.7. The third kappa shape index (κ3) is 3.82. The highest BCUT2D eigenvalue weighted by Gasteiger charge is 2.16. The monoisotopic (exact) mass is 317 g/mol. The summed E-state index contributed by atoms with van der Waals surface area (Å²) in [4.78, 5) is 12.2. The number of rotatable bonds is 4. The largest absolute Gasteiger partial charge is 0.286 e. The molecule has 0 heterocycles. The van der Waals surface area contributed by atoms with Crippen LogP contribution in [-0.4, -0.2) is 11.5 Å². The summed E-state index contributed by atoms with van der Waals surface area (Å²) in [5.74, 6) is -0.544. The van der Waals surface area contributed by atoms with Crippen molar-refractivity contribution in [2.45, 2.75) is 0 Å². The third-order valence-electron chi connectivity index (χ3n) is 2.56. The average Bonchev–Trinajstić information content (AvgIpc) is 2.48. The van der Waals surface area contributed by atoms with Gasteiger partial charge in [0.25, 0.3) is 0 Å². The van der Waals surface area contributed by atoms with E-state index in [0.29, 0.717) is 10.7 Å². The van der Waals surface area contributed by atoms with E-state index in [2.05, 4.69) is 10.5 Å². The first kappa shape index (κ1) is 15.0. The molecule has 0 spiro atoms.